The second kappa shape index (κ2) is 4.29. The average Bonchev–Trinajstić information content (AvgIpc) is 2.71. The van der Waals surface area contributed by atoms with E-state index in [1.165, 1.54) is 11.0 Å². The van der Waals surface area contributed by atoms with Crippen LogP contribution in [0.1, 0.15) is 0 Å². The molecule has 5 heteroatoms. The Kier molecular flexibility index (Phi) is 2.82. The second-order valence-electron chi connectivity index (χ2n) is 3.78. The van der Waals surface area contributed by atoms with Crippen LogP contribution in [0.2, 0.25) is 0 Å². The van der Waals surface area contributed by atoms with Crippen LogP contribution in [-0.4, -0.2) is 29.8 Å². The minimum Gasteiger partial charge on any atom is -0.366 e. The van der Waals surface area contributed by atoms with E-state index < -0.39 is 11.6 Å². The Bertz CT molecular complexity index is 581. The van der Waals surface area contributed by atoms with Crippen molar-refractivity contribution in [3.8, 4) is 11.3 Å². The molecule has 1 heterocycles. The van der Waals surface area contributed by atoms with Gasteiger partial charge in [-0.05, 0) is 0 Å². The number of carbonyl (C=O) groups excluding carboxylic acids is 1. The highest BCUT2D eigenvalue weighted by molar-refractivity contribution is 5.75. The Morgan fingerprint density at radius 3 is 2.47 bits per heavy atom. The van der Waals surface area contributed by atoms with Crippen molar-refractivity contribution in [1.82, 2.24) is 9.64 Å². The van der Waals surface area contributed by atoms with Crippen LogP contribution >= 0.6 is 0 Å². The third-order valence-corrected chi connectivity index (χ3v) is 2.26. The number of carbonyl (C=O) groups is 1. The van der Waals surface area contributed by atoms with Gasteiger partial charge in [-0.15, -0.1) is 0 Å². The first-order valence-corrected chi connectivity index (χ1v) is 5.10. The van der Waals surface area contributed by atoms with Gasteiger partial charge in [0.15, 0.2) is 5.76 Å². The lowest BCUT2D eigenvalue weighted by molar-refractivity contribution is 0.186. The van der Waals surface area contributed by atoms with Crippen LogP contribution in [0.15, 0.2) is 45.7 Å². The highest BCUT2D eigenvalue weighted by atomic mass is 16.5. The van der Waals surface area contributed by atoms with E-state index >= 15 is 0 Å². The molecule has 0 unspecified atom stereocenters. The van der Waals surface area contributed by atoms with Crippen LogP contribution in [0, 0.1) is 0 Å². The quantitative estimate of drug-likeness (QED) is 0.751. The predicted molar refractivity (Wildman–Crippen MR) is 62.9 cm³/mol. The fourth-order valence-electron chi connectivity index (χ4n) is 1.39. The van der Waals surface area contributed by atoms with Gasteiger partial charge in [-0.25, -0.2) is 4.79 Å². The minimum atomic E-state index is -0.503. The second-order valence-corrected chi connectivity index (χ2v) is 3.78. The largest absolute Gasteiger partial charge is 0.366 e. The van der Waals surface area contributed by atoms with Gasteiger partial charge in [-0.3, -0.25) is 4.79 Å². The average molecular weight is 232 g/mol. The molecule has 0 bridgehead atoms. The molecule has 1 aromatic heterocycles. The third kappa shape index (κ3) is 2.13. The SMILES string of the molecule is CN(C)C(=O)n1oc(-c2ccccc2)cc1=O. The number of benzene rings is 1. The monoisotopic (exact) mass is 232 g/mol. The summed E-state index contributed by atoms with van der Waals surface area (Å²) in [5, 5.41) is 0. The van der Waals surface area contributed by atoms with Gasteiger partial charge in [0.05, 0.1) is 6.07 Å². The van der Waals surface area contributed by atoms with E-state index in [1.54, 1.807) is 14.1 Å². The van der Waals surface area contributed by atoms with Crippen molar-refractivity contribution in [2.75, 3.05) is 14.1 Å². The van der Waals surface area contributed by atoms with Crippen molar-refractivity contribution < 1.29 is 9.32 Å². The minimum absolute atomic E-state index is 0.380. The van der Waals surface area contributed by atoms with Crippen molar-refractivity contribution in [2.24, 2.45) is 0 Å². The fourth-order valence-corrected chi connectivity index (χ4v) is 1.39. The normalized spacial score (nSPS) is 10.2. The molecule has 1 amide bonds. The summed E-state index contributed by atoms with van der Waals surface area (Å²) in [6.45, 7) is 0. The molecule has 2 aromatic rings. The first kappa shape index (κ1) is 11.2. The molecule has 0 aliphatic rings. The highest BCUT2D eigenvalue weighted by Crippen LogP contribution is 2.16. The van der Waals surface area contributed by atoms with Crippen LogP contribution < -0.4 is 5.56 Å². The molecule has 0 spiro atoms. The summed E-state index contributed by atoms with van der Waals surface area (Å²) in [6.07, 6.45) is 0. The summed E-state index contributed by atoms with van der Waals surface area (Å²) >= 11 is 0. The molecule has 1 aromatic carbocycles. The molecule has 0 N–H and O–H groups in total. The van der Waals surface area contributed by atoms with Crippen molar-refractivity contribution in [3.63, 3.8) is 0 Å². The van der Waals surface area contributed by atoms with Crippen LogP contribution in [0.25, 0.3) is 11.3 Å². The van der Waals surface area contributed by atoms with Gasteiger partial charge in [0, 0.05) is 19.7 Å². The third-order valence-electron chi connectivity index (χ3n) is 2.26. The van der Waals surface area contributed by atoms with Crippen molar-refractivity contribution in [2.45, 2.75) is 0 Å². The number of amides is 1. The van der Waals surface area contributed by atoms with Crippen molar-refractivity contribution in [3.05, 3.63) is 46.8 Å². The Balaban J connectivity index is 2.45. The molecule has 17 heavy (non-hydrogen) atoms. The maximum Gasteiger partial charge on any atom is 0.360 e. The molecule has 0 fully saturated rings. The number of hydrogen-bond acceptors (Lipinski definition) is 3. The molecule has 2 rings (SSSR count). The van der Waals surface area contributed by atoms with E-state index in [4.69, 9.17) is 4.52 Å². The number of nitrogens with zero attached hydrogens (tertiary/aromatic N) is 2. The molecule has 0 atom stereocenters. The summed E-state index contributed by atoms with van der Waals surface area (Å²) in [6, 6.07) is 9.95. The van der Waals surface area contributed by atoms with Crippen LogP contribution in [0.5, 0.6) is 0 Å². The molecule has 5 nitrogen and oxygen atoms in total. The summed E-state index contributed by atoms with van der Waals surface area (Å²) < 4.78 is 5.97. The van der Waals surface area contributed by atoms with Gasteiger partial charge in [-0.2, -0.15) is 0 Å². The van der Waals surface area contributed by atoms with Gasteiger partial charge in [-0.1, -0.05) is 35.1 Å². The number of rotatable bonds is 1. The summed E-state index contributed by atoms with van der Waals surface area (Å²) in [5.74, 6) is 0.380. The lowest BCUT2D eigenvalue weighted by atomic mass is 10.2. The van der Waals surface area contributed by atoms with Gasteiger partial charge >= 0.3 is 6.03 Å². The van der Waals surface area contributed by atoms with Gasteiger partial charge in [0.2, 0.25) is 0 Å². The number of hydrogen-bond donors (Lipinski definition) is 0. The van der Waals surface area contributed by atoms with E-state index in [0.29, 0.717) is 5.76 Å². The maximum absolute atomic E-state index is 11.6. The Morgan fingerprint density at radius 2 is 1.88 bits per heavy atom. The zero-order chi connectivity index (χ0) is 12.4. The molecular formula is C12H12N2O3. The Hall–Kier alpha value is -2.30. The van der Waals surface area contributed by atoms with Crippen molar-refractivity contribution in [1.29, 1.82) is 0 Å². The standard InChI is InChI=1S/C12H12N2O3/c1-13(2)12(16)14-11(15)8-10(17-14)9-6-4-3-5-7-9/h3-8H,1-2H3. The summed E-state index contributed by atoms with van der Waals surface area (Å²) in [7, 11) is 3.11. The van der Waals surface area contributed by atoms with E-state index in [2.05, 4.69) is 0 Å². The first-order chi connectivity index (χ1) is 8.09. The van der Waals surface area contributed by atoms with Gasteiger partial charge in [0.1, 0.15) is 0 Å². The fraction of sp³-hybridized carbons (Fsp3) is 0.167. The smallest absolute Gasteiger partial charge is 0.360 e. The number of aromatic nitrogens is 1. The van der Waals surface area contributed by atoms with E-state index in [1.807, 2.05) is 30.3 Å². The molecule has 0 aliphatic carbocycles. The highest BCUT2D eigenvalue weighted by Gasteiger charge is 2.15. The topological polar surface area (TPSA) is 55.5 Å². The molecule has 0 saturated heterocycles. The maximum atomic E-state index is 11.6. The molecule has 0 aliphatic heterocycles. The van der Waals surface area contributed by atoms with E-state index in [0.717, 1.165) is 10.3 Å². The predicted octanol–water partition coefficient (Wildman–Crippen LogP) is 1.64. The van der Waals surface area contributed by atoms with Crippen LogP contribution in [0.4, 0.5) is 4.79 Å². The van der Waals surface area contributed by atoms with Crippen molar-refractivity contribution >= 4 is 6.03 Å². The summed E-state index contributed by atoms with van der Waals surface area (Å²) in [4.78, 5) is 24.5. The molecule has 88 valence electrons. The molecule has 0 saturated carbocycles. The zero-order valence-corrected chi connectivity index (χ0v) is 9.58. The summed E-state index contributed by atoms with van der Waals surface area (Å²) in [5.41, 5.74) is 0.289. The zero-order valence-electron chi connectivity index (χ0n) is 9.58. The lowest BCUT2D eigenvalue weighted by Crippen LogP contribution is -2.32. The van der Waals surface area contributed by atoms with E-state index in [9.17, 15) is 9.59 Å². The van der Waals surface area contributed by atoms with Crippen LogP contribution in [0.3, 0.4) is 0 Å². The van der Waals surface area contributed by atoms with Gasteiger partial charge < -0.3 is 9.42 Å². The Labute approximate surface area is 97.8 Å². The molecular weight excluding hydrogens is 220 g/mol. The van der Waals surface area contributed by atoms with Gasteiger partial charge in [0.25, 0.3) is 5.56 Å². The Morgan fingerprint density at radius 1 is 1.24 bits per heavy atom. The lowest BCUT2D eigenvalue weighted by Gasteiger charge is -2.07. The van der Waals surface area contributed by atoms with E-state index in [-0.39, 0.29) is 0 Å². The molecule has 0 radical (unpaired) electrons. The van der Waals surface area contributed by atoms with Crippen LogP contribution in [-0.2, 0) is 0 Å². The first-order valence-electron chi connectivity index (χ1n) is 5.10.